The molecule has 0 radical (unpaired) electrons. The molecule has 3 aromatic rings. The quantitative estimate of drug-likeness (QED) is 0.556. The number of amides is 2. The molecule has 160 valence electrons. The molecule has 0 unspecified atom stereocenters. The summed E-state index contributed by atoms with van der Waals surface area (Å²) in [6, 6.07) is 25.9. The molecule has 0 fully saturated rings. The normalized spacial score (nSPS) is 10.7. The van der Waals surface area contributed by atoms with E-state index in [4.69, 9.17) is 0 Å². The summed E-state index contributed by atoms with van der Waals surface area (Å²) in [7, 11) is 0. The van der Waals surface area contributed by atoms with E-state index in [1.807, 2.05) is 67.6 Å². The van der Waals surface area contributed by atoms with Crippen molar-refractivity contribution in [3.8, 4) is 0 Å². The monoisotopic (exact) mass is 418 g/mol. The molecule has 5 heteroatoms. The summed E-state index contributed by atoms with van der Waals surface area (Å²) >= 11 is 0. The summed E-state index contributed by atoms with van der Waals surface area (Å²) < 4.78 is 13.0. The number of likely N-dealkylation sites (N-methyl/N-ethyl adjacent to an activating group) is 1. The van der Waals surface area contributed by atoms with Crippen molar-refractivity contribution in [1.82, 2.24) is 10.2 Å². The molecule has 0 heterocycles. The number of rotatable bonds is 9. The van der Waals surface area contributed by atoms with E-state index in [2.05, 4.69) is 5.32 Å². The van der Waals surface area contributed by atoms with Gasteiger partial charge in [0.05, 0.1) is 6.54 Å². The predicted octanol–water partition coefficient (Wildman–Crippen LogP) is 4.51. The van der Waals surface area contributed by atoms with Crippen LogP contribution in [0.5, 0.6) is 0 Å². The molecule has 3 rings (SSSR count). The molecule has 1 N–H and O–H groups in total. The van der Waals surface area contributed by atoms with Crippen molar-refractivity contribution in [3.63, 3.8) is 0 Å². The average Bonchev–Trinajstić information content (AvgIpc) is 2.81. The largest absolute Gasteiger partial charge is 0.350 e. The van der Waals surface area contributed by atoms with Crippen LogP contribution in [0.1, 0.15) is 36.0 Å². The number of benzene rings is 3. The SMILES string of the molecule is CCN(CC(=O)NCc1ccc(F)cc1)C(=O)CC(c1ccccc1)c1ccccc1. The Bertz CT molecular complexity index is 936. The summed E-state index contributed by atoms with van der Waals surface area (Å²) in [5.74, 6) is -0.705. The second-order valence-corrected chi connectivity index (χ2v) is 7.39. The van der Waals surface area contributed by atoms with Gasteiger partial charge in [-0.1, -0.05) is 72.8 Å². The minimum atomic E-state index is -0.316. The molecule has 0 atom stereocenters. The van der Waals surface area contributed by atoms with Gasteiger partial charge >= 0.3 is 0 Å². The van der Waals surface area contributed by atoms with Gasteiger partial charge in [-0.05, 0) is 35.7 Å². The fourth-order valence-corrected chi connectivity index (χ4v) is 3.51. The van der Waals surface area contributed by atoms with E-state index in [1.54, 1.807) is 17.0 Å². The highest BCUT2D eigenvalue weighted by molar-refractivity contribution is 5.85. The fourth-order valence-electron chi connectivity index (χ4n) is 3.51. The van der Waals surface area contributed by atoms with Crippen molar-refractivity contribution in [2.75, 3.05) is 13.1 Å². The first-order chi connectivity index (χ1) is 15.1. The van der Waals surface area contributed by atoms with Crippen molar-refractivity contribution in [2.45, 2.75) is 25.8 Å². The van der Waals surface area contributed by atoms with E-state index in [0.717, 1.165) is 16.7 Å². The van der Waals surface area contributed by atoms with Crippen molar-refractivity contribution in [3.05, 3.63) is 107 Å². The highest BCUT2D eigenvalue weighted by Gasteiger charge is 2.22. The third-order valence-corrected chi connectivity index (χ3v) is 5.25. The number of carbonyl (C=O) groups is 2. The predicted molar refractivity (Wildman–Crippen MR) is 120 cm³/mol. The van der Waals surface area contributed by atoms with Crippen molar-refractivity contribution in [1.29, 1.82) is 0 Å². The lowest BCUT2D eigenvalue weighted by atomic mass is 9.88. The molecule has 0 bridgehead atoms. The van der Waals surface area contributed by atoms with Gasteiger partial charge < -0.3 is 10.2 Å². The molecule has 0 saturated heterocycles. The smallest absolute Gasteiger partial charge is 0.239 e. The topological polar surface area (TPSA) is 49.4 Å². The summed E-state index contributed by atoms with van der Waals surface area (Å²) in [5, 5.41) is 2.80. The molecule has 0 aliphatic rings. The van der Waals surface area contributed by atoms with Crippen molar-refractivity contribution >= 4 is 11.8 Å². The number of hydrogen-bond acceptors (Lipinski definition) is 2. The van der Waals surface area contributed by atoms with E-state index in [-0.39, 0.29) is 36.5 Å². The summed E-state index contributed by atoms with van der Waals surface area (Å²) in [6.07, 6.45) is 0.285. The highest BCUT2D eigenvalue weighted by Crippen LogP contribution is 2.28. The standard InChI is InChI=1S/C26H27FN2O2/c1-2-29(19-25(30)28-18-20-13-15-23(27)16-14-20)26(31)17-24(21-9-5-3-6-10-21)22-11-7-4-8-12-22/h3-16,24H,2,17-19H2,1H3,(H,28,30). The Kier molecular flexibility index (Phi) is 7.93. The molecule has 0 aromatic heterocycles. The van der Waals surface area contributed by atoms with Crippen LogP contribution in [0, 0.1) is 5.82 Å². The van der Waals surface area contributed by atoms with Crippen molar-refractivity contribution < 1.29 is 14.0 Å². The molecule has 0 saturated carbocycles. The van der Waals surface area contributed by atoms with Gasteiger partial charge in [-0.2, -0.15) is 0 Å². The molecule has 2 amide bonds. The zero-order valence-corrected chi connectivity index (χ0v) is 17.6. The van der Waals surface area contributed by atoms with Gasteiger partial charge in [0.1, 0.15) is 5.82 Å². The summed E-state index contributed by atoms with van der Waals surface area (Å²) in [5.41, 5.74) is 2.94. The maximum atomic E-state index is 13.1. The van der Waals surface area contributed by atoms with Crippen LogP contribution in [0.2, 0.25) is 0 Å². The van der Waals surface area contributed by atoms with Crippen LogP contribution >= 0.6 is 0 Å². The Labute approximate surface area is 182 Å². The van der Waals surface area contributed by atoms with Gasteiger partial charge in [-0.25, -0.2) is 4.39 Å². The Balaban J connectivity index is 1.64. The molecule has 0 aliphatic heterocycles. The van der Waals surface area contributed by atoms with E-state index in [9.17, 15) is 14.0 Å². The molecular weight excluding hydrogens is 391 g/mol. The van der Waals surface area contributed by atoms with Gasteiger partial charge in [0.25, 0.3) is 0 Å². The average molecular weight is 419 g/mol. The maximum Gasteiger partial charge on any atom is 0.239 e. The zero-order chi connectivity index (χ0) is 22.1. The zero-order valence-electron chi connectivity index (χ0n) is 17.6. The number of hydrogen-bond donors (Lipinski definition) is 1. The first-order valence-corrected chi connectivity index (χ1v) is 10.5. The lowest BCUT2D eigenvalue weighted by Gasteiger charge is -2.24. The van der Waals surface area contributed by atoms with E-state index < -0.39 is 0 Å². The third-order valence-electron chi connectivity index (χ3n) is 5.25. The van der Waals surface area contributed by atoms with Gasteiger partial charge in [0, 0.05) is 25.4 Å². The first kappa shape index (κ1) is 22.2. The maximum absolute atomic E-state index is 13.1. The molecule has 3 aromatic carbocycles. The van der Waals surface area contributed by atoms with Gasteiger partial charge in [0.2, 0.25) is 11.8 Å². The van der Waals surface area contributed by atoms with Crippen molar-refractivity contribution in [2.24, 2.45) is 0 Å². The van der Waals surface area contributed by atoms with E-state index in [1.165, 1.54) is 12.1 Å². The minimum Gasteiger partial charge on any atom is -0.350 e. The molecule has 0 aliphatic carbocycles. The van der Waals surface area contributed by atoms with E-state index in [0.29, 0.717) is 13.1 Å². The van der Waals surface area contributed by atoms with Gasteiger partial charge in [0.15, 0.2) is 0 Å². The van der Waals surface area contributed by atoms with Crippen LogP contribution in [0.15, 0.2) is 84.9 Å². The molecule has 4 nitrogen and oxygen atoms in total. The van der Waals surface area contributed by atoms with Gasteiger partial charge in [-0.15, -0.1) is 0 Å². The third kappa shape index (κ3) is 6.51. The van der Waals surface area contributed by atoms with Crippen LogP contribution in [0.4, 0.5) is 4.39 Å². The Morgan fingerprint density at radius 3 is 1.94 bits per heavy atom. The second kappa shape index (κ2) is 11.1. The van der Waals surface area contributed by atoms with Crippen LogP contribution in [-0.4, -0.2) is 29.8 Å². The Morgan fingerprint density at radius 1 is 0.871 bits per heavy atom. The lowest BCUT2D eigenvalue weighted by molar-refractivity contribution is -0.136. The number of nitrogens with zero attached hydrogens (tertiary/aromatic N) is 1. The second-order valence-electron chi connectivity index (χ2n) is 7.39. The van der Waals surface area contributed by atoms with Crippen LogP contribution in [0.25, 0.3) is 0 Å². The molecule has 31 heavy (non-hydrogen) atoms. The number of carbonyl (C=O) groups excluding carboxylic acids is 2. The van der Waals surface area contributed by atoms with E-state index >= 15 is 0 Å². The molecule has 0 spiro atoms. The Morgan fingerprint density at radius 2 is 1.42 bits per heavy atom. The molecular formula is C26H27FN2O2. The van der Waals surface area contributed by atoms with Crippen LogP contribution in [-0.2, 0) is 16.1 Å². The summed E-state index contributed by atoms with van der Waals surface area (Å²) in [6.45, 7) is 2.60. The fraction of sp³-hybridized carbons (Fsp3) is 0.231. The first-order valence-electron chi connectivity index (χ1n) is 10.5. The lowest BCUT2D eigenvalue weighted by Crippen LogP contribution is -2.40. The van der Waals surface area contributed by atoms with Crippen LogP contribution < -0.4 is 5.32 Å². The minimum absolute atomic E-state index is 0.00712. The number of nitrogens with one attached hydrogen (secondary N) is 1. The van der Waals surface area contributed by atoms with Crippen LogP contribution in [0.3, 0.4) is 0 Å². The highest BCUT2D eigenvalue weighted by atomic mass is 19.1. The van der Waals surface area contributed by atoms with Gasteiger partial charge in [-0.3, -0.25) is 9.59 Å². The summed E-state index contributed by atoms with van der Waals surface area (Å²) in [4.78, 5) is 27.1. The Hall–Kier alpha value is -3.47. The number of halogens is 1.